The standard InChI is InChI=1S/C24H25N3O5S/c1-13-7-5-6-8-14(13)12-33-24-26-22-19(23(29)27-24)16(11-18(28)25-22)15-9-10-17(30-2)21(32-4)20(15)31-3/h5-10,16H,11-12H2,1-4H3,(H2,25,26,27,28,29)/t16-/m1/s1. The van der Waals surface area contributed by atoms with Gasteiger partial charge in [-0.25, -0.2) is 4.98 Å². The first-order valence-corrected chi connectivity index (χ1v) is 11.4. The zero-order valence-electron chi connectivity index (χ0n) is 18.9. The first-order valence-electron chi connectivity index (χ1n) is 10.4. The first kappa shape index (κ1) is 22.7. The van der Waals surface area contributed by atoms with E-state index in [0.717, 1.165) is 5.56 Å². The Morgan fingerprint density at radius 2 is 1.79 bits per heavy atom. The van der Waals surface area contributed by atoms with Gasteiger partial charge in [0.25, 0.3) is 5.56 Å². The SMILES string of the molecule is COc1ccc([C@H]2CC(=O)Nc3nc(SCc4ccccc4C)[nH]c(=O)c32)c(OC)c1OC. The molecule has 0 spiro atoms. The van der Waals surface area contributed by atoms with Gasteiger partial charge in [0.2, 0.25) is 11.7 Å². The fourth-order valence-electron chi connectivity index (χ4n) is 4.00. The zero-order valence-corrected chi connectivity index (χ0v) is 19.7. The third-order valence-corrected chi connectivity index (χ3v) is 6.59. The quantitative estimate of drug-likeness (QED) is 0.402. The molecule has 9 heteroatoms. The molecular formula is C24H25N3O5S. The Morgan fingerprint density at radius 1 is 1.03 bits per heavy atom. The lowest BCUT2D eigenvalue weighted by atomic mass is 9.86. The monoisotopic (exact) mass is 467 g/mol. The summed E-state index contributed by atoms with van der Waals surface area (Å²) in [6.45, 7) is 2.04. The van der Waals surface area contributed by atoms with E-state index in [9.17, 15) is 9.59 Å². The van der Waals surface area contributed by atoms with Crippen molar-refractivity contribution in [1.29, 1.82) is 0 Å². The van der Waals surface area contributed by atoms with Gasteiger partial charge in [-0.1, -0.05) is 42.1 Å². The number of rotatable bonds is 7. The van der Waals surface area contributed by atoms with Crippen LogP contribution in [0.3, 0.4) is 0 Å². The highest BCUT2D eigenvalue weighted by atomic mass is 32.2. The molecule has 0 fully saturated rings. The molecule has 1 aliphatic heterocycles. The van der Waals surface area contributed by atoms with Crippen molar-refractivity contribution in [3.8, 4) is 17.2 Å². The number of H-pyrrole nitrogens is 1. The predicted octanol–water partition coefficient (Wildman–Crippen LogP) is 3.87. The number of aromatic amines is 1. The number of aryl methyl sites for hydroxylation is 1. The summed E-state index contributed by atoms with van der Waals surface area (Å²) in [6, 6.07) is 11.6. The summed E-state index contributed by atoms with van der Waals surface area (Å²) >= 11 is 1.41. The first-order chi connectivity index (χ1) is 16.0. The van der Waals surface area contributed by atoms with Gasteiger partial charge >= 0.3 is 0 Å². The van der Waals surface area contributed by atoms with Gasteiger partial charge < -0.3 is 24.5 Å². The van der Waals surface area contributed by atoms with Gasteiger partial charge in [0.05, 0.1) is 26.9 Å². The number of carbonyl (C=O) groups is 1. The van der Waals surface area contributed by atoms with Gasteiger partial charge in [-0.05, 0) is 24.1 Å². The molecule has 33 heavy (non-hydrogen) atoms. The number of anilines is 1. The molecule has 1 aromatic heterocycles. The van der Waals surface area contributed by atoms with E-state index < -0.39 is 5.92 Å². The molecule has 2 heterocycles. The van der Waals surface area contributed by atoms with Crippen molar-refractivity contribution in [2.24, 2.45) is 0 Å². The molecular weight excluding hydrogens is 442 g/mol. The number of thioether (sulfide) groups is 1. The minimum Gasteiger partial charge on any atom is -0.493 e. The van der Waals surface area contributed by atoms with E-state index in [1.54, 1.807) is 12.1 Å². The smallest absolute Gasteiger partial charge is 0.257 e. The summed E-state index contributed by atoms with van der Waals surface area (Å²) in [6.07, 6.45) is 0.0826. The molecule has 0 radical (unpaired) electrons. The zero-order chi connectivity index (χ0) is 23.5. The molecule has 0 bridgehead atoms. The Morgan fingerprint density at radius 3 is 2.48 bits per heavy atom. The largest absolute Gasteiger partial charge is 0.493 e. The second-order valence-electron chi connectivity index (χ2n) is 7.58. The number of ether oxygens (including phenoxy) is 3. The van der Waals surface area contributed by atoms with Crippen LogP contribution in [0.4, 0.5) is 5.82 Å². The summed E-state index contributed by atoms with van der Waals surface area (Å²) in [7, 11) is 4.56. The lowest BCUT2D eigenvalue weighted by Gasteiger charge is -2.26. The van der Waals surface area contributed by atoms with Gasteiger partial charge in [0.15, 0.2) is 16.7 Å². The number of nitrogens with zero attached hydrogens (tertiary/aromatic N) is 1. The van der Waals surface area contributed by atoms with Gasteiger partial charge in [0.1, 0.15) is 5.82 Å². The van der Waals surface area contributed by atoms with Crippen LogP contribution in [0.1, 0.15) is 34.6 Å². The second-order valence-corrected chi connectivity index (χ2v) is 8.54. The molecule has 0 saturated heterocycles. The van der Waals surface area contributed by atoms with Crippen molar-refractivity contribution in [3.63, 3.8) is 0 Å². The number of amides is 1. The molecule has 1 atom stereocenters. The fraction of sp³-hybridized carbons (Fsp3) is 0.292. The number of methoxy groups -OCH3 is 3. The van der Waals surface area contributed by atoms with E-state index in [-0.39, 0.29) is 23.7 Å². The molecule has 4 rings (SSSR count). The van der Waals surface area contributed by atoms with Crippen molar-refractivity contribution in [2.45, 2.75) is 30.2 Å². The minimum atomic E-state index is -0.546. The molecule has 0 saturated carbocycles. The van der Waals surface area contributed by atoms with E-state index in [1.165, 1.54) is 38.7 Å². The fourth-order valence-corrected chi connectivity index (χ4v) is 4.94. The Labute approximate surface area is 195 Å². The maximum Gasteiger partial charge on any atom is 0.257 e. The minimum absolute atomic E-state index is 0.0826. The predicted molar refractivity (Wildman–Crippen MR) is 127 cm³/mol. The molecule has 3 aromatic rings. The summed E-state index contributed by atoms with van der Waals surface area (Å²) in [5.74, 6) is 1.46. The van der Waals surface area contributed by atoms with Gasteiger partial charge in [-0.15, -0.1) is 0 Å². The van der Waals surface area contributed by atoms with Crippen LogP contribution in [0.2, 0.25) is 0 Å². The van der Waals surface area contributed by atoms with Crippen molar-refractivity contribution >= 4 is 23.5 Å². The topological polar surface area (TPSA) is 103 Å². The number of nitrogens with one attached hydrogen (secondary N) is 2. The Balaban J connectivity index is 1.74. The highest BCUT2D eigenvalue weighted by Crippen LogP contribution is 2.46. The molecule has 1 aliphatic rings. The molecule has 2 aromatic carbocycles. The Bertz CT molecular complexity index is 1260. The number of hydrogen-bond donors (Lipinski definition) is 2. The van der Waals surface area contributed by atoms with Gasteiger partial charge in [-0.3, -0.25) is 9.59 Å². The molecule has 8 nitrogen and oxygen atoms in total. The third kappa shape index (κ3) is 4.41. The van der Waals surface area contributed by atoms with Crippen molar-refractivity contribution in [1.82, 2.24) is 9.97 Å². The summed E-state index contributed by atoms with van der Waals surface area (Å²) in [5, 5.41) is 3.21. The van der Waals surface area contributed by atoms with Crippen LogP contribution in [0.5, 0.6) is 17.2 Å². The Kier molecular flexibility index (Phi) is 6.60. The van der Waals surface area contributed by atoms with E-state index in [2.05, 4.69) is 15.3 Å². The van der Waals surface area contributed by atoms with Crippen molar-refractivity contribution in [3.05, 3.63) is 69.0 Å². The molecule has 0 unspecified atom stereocenters. The summed E-state index contributed by atoms with van der Waals surface area (Å²) in [4.78, 5) is 33.2. The molecule has 0 aliphatic carbocycles. The van der Waals surface area contributed by atoms with Crippen LogP contribution in [-0.2, 0) is 10.5 Å². The van der Waals surface area contributed by atoms with Crippen LogP contribution < -0.4 is 25.1 Å². The maximum atomic E-state index is 13.2. The average Bonchev–Trinajstić information content (AvgIpc) is 2.81. The van der Waals surface area contributed by atoms with E-state index in [1.807, 2.05) is 31.2 Å². The number of hydrogen-bond acceptors (Lipinski definition) is 7. The second kappa shape index (κ2) is 9.58. The lowest BCUT2D eigenvalue weighted by Crippen LogP contribution is -2.31. The van der Waals surface area contributed by atoms with Crippen LogP contribution in [0.15, 0.2) is 46.3 Å². The number of benzene rings is 2. The highest BCUT2D eigenvalue weighted by molar-refractivity contribution is 7.98. The van der Waals surface area contributed by atoms with Crippen LogP contribution in [0, 0.1) is 6.92 Å². The normalized spacial score (nSPS) is 14.9. The molecule has 1 amide bonds. The highest BCUT2D eigenvalue weighted by Gasteiger charge is 2.34. The average molecular weight is 468 g/mol. The maximum absolute atomic E-state index is 13.2. The van der Waals surface area contributed by atoms with Crippen molar-refractivity contribution in [2.75, 3.05) is 26.6 Å². The van der Waals surface area contributed by atoms with Crippen molar-refractivity contribution < 1.29 is 19.0 Å². The van der Waals surface area contributed by atoms with Crippen LogP contribution >= 0.6 is 11.8 Å². The molecule has 2 N–H and O–H groups in total. The van der Waals surface area contributed by atoms with Crippen LogP contribution in [0.25, 0.3) is 0 Å². The third-order valence-electron chi connectivity index (χ3n) is 5.67. The van der Waals surface area contributed by atoms with E-state index in [0.29, 0.717) is 39.3 Å². The number of aromatic nitrogens is 2. The van der Waals surface area contributed by atoms with Gasteiger partial charge in [-0.2, -0.15) is 0 Å². The number of fused-ring (bicyclic) bond motifs is 1. The van der Waals surface area contributed by atoms with E-state index in [4.69, 9.17) is 14.2 Å². The summed E-state index contributed by atoms with van der Waals surface area (Å²) in [5.41, 5.74) is 3.06. The number of carbonyl (C=O) groups excluding carboxylic acids is 1. The lowest BCUT2D eigenvalue weighted by molar-refractivity contribution is -0.116. The Hall–Kier alpha value is -3.46. The van der Waals surface area contributed by atoms with E-state index >= 15 is 0 Å². The summed E-state index contributed by atoms with van der Waals surface area (Å²) < 4.78 is 16.4. The van der Waals surface area contributed by atoms with Crippen LogP contribution in [-0.4, -0.2) is 37.2 Å². The van der Waals surface area contributed by atoms with Gasteiger partial charge in [0, 0.05) is 23.7 Å². The molecule has 172 valence electrons.